The number of ether oxygens (including phenoxy) is 1. The Morgan fingerprint density at radius 1 is 1.00 bits per heavy atom. The van der Waals surface area contributed by atoms with Crippen LogP contribution in [0.15, 0.2) is 53.4 Å². The van der Waals surface area contributed by atoms with Crippen molar-refractivity contribution in [3.8, 4) is 5.75 Å². The van der Waals surface area contributed by atoms with Crippen LogP contribution < -0.4 is 19.7 Å². The Kier molecular flexibility index (Phi) is 5.21. The first-order valence-corrected chi connectivity index (χ1v) is 11.0. The fourth-order valence-corrected chi connectivity index (χ4v) is 4.27. The smallest absolute Gasteiger partial charge is 0.261 e. The Bertz CT molecular complexity index is 1180. The summed E-state index contributed by atoms with van der Waals surface area (Å²) < 4.78 is 33.5. The molecule has 0 radical (unpaired) electrons. The highest BCUT2D eigenvalue weighted by molar-refractivity contribution is 7.92. The summed E-state index contributed by atoms with van der Waals surface area (Å²) in [6, 6.07) is 13.8. The van der Waals surface area contributed by atoms with Crippen molar-refractivity contribution < 1.29 is 13.2 Å². The number of benzene rings is 2. The molecule has 0 unspecified atom stereocenters. The van der Waals surface area contributed by atoms with Gasteiger partial charge in [-0.3, -0.25) is 4.72 Å². The molecule has 156 valence electrons. The summed E-state index contributed by atoms with van der Waals surface area (Å²) in [6.07, 6.45) is 0.719. The minimum Gasteiger partial charge on any atom is -0.493 e. The second kappa shape index (κ2) is 7.83. The van der Waals surface area contributed by atoms with Crippen molar-refractivity contribution >= 4 is 33.0 Å². The third-order valence-corrected chi connectivity index (χ3v) is 6.04. The largest absolute Gasteiger partial charge is 0.493 e. The quantitative estimate of drug-likeness (QED) is 0.625. The fourth-order valence-electron chi connectivity index (χ4n) is 3.16. The summed E-state index contributed by atoms with van der Waals surface area (Å²) in [5.41, 5.74) is 2.18. The van der Waals surface area contributed by atoms with Crippen LogP contribution in [0.4, 0.5) is 23.0 Å². The van der Waals surface area contributed by atoms with Crippen molar-refractivity contribution in [1.82, 2.24) is 9.97 Å². The summed E-state index contributed by atoms with van der Waals surface area (Å²) in [5, 5.41) is 3.22. The number of hydrogen-bond acceptors (Lipinski definition) is 7. The zero-order valence-electron chi connectivity index (χ0n) is 17.0. The molecule has 30 heavy (non-hydrogen) atoms. The Labute approximate surface area is 176 Å². The van der Waals surface area contributed by atoms with Crippen LogP contribution >= 0.6 is 0 Å². The van der Waals surface area contributed by atoms with E-state index >= 15 is 0 Å². The summed E-state index contributed by atoms with van der Waals surface area (Å²) in [6.45, 7) is 2.42. The lowest BCUT2D eigenvalue weighted by Gasteiger charge is -2.14. The molecule has 0 spiro atoms. The van der Waals surface area contributed by atoms with Crippen molar-refractivity contribution in [2.24, 2.45) is 0 Å². The zero-order chi connectivity index (χ0) is 21.3. The molecule has 1 aliphatic heterocycles. The maximum Gasteiger partial charge on any atom is 0.261 e. The highest BCUT2D eigenvalue weighted by Crippen LogP contribution is 2.28. The summed E-state index contributed by atoms with van der Waals surface area (Å²) in [5.74, 6) is 2.88. The molecule has 3 aromatic rings. The molecule has 1 aromatic heterocycles. The molecule has 1 aliphatic rings. The standard InChI is InChI=1S/C21H23N5O3S/c1-14-22-20(13-21(23-14)26(2)3)24-16-4-6-17(7-5-16)25-30(27,28)18-8-9-19-15(12-18)10-11-29-19/h4-9,12-13,25H,10-11H2,1-3H3,(H,22,23,24). The SMILES string of the molecule is Cc1nc(Nc2ccc(NS(=O)(=O)c3ccc4c(c3)CCO4)cc2)cc(N(C)C)n1. The molecule has 0 amide bonds. The molecule has 2 aromatic carbocycles. The Morgan fingerprint density at radius 2 is 1.73 bits per heavy atom. The Balaban J connectivity index is 1.49. The summed E-state index contributed by atoms with van der Waals surface area (Å²) in [7, 11) is 0.155. The van der Waals surface area contributed by atoms with Gasteiger partial charge in [0, 0.05) is 38.0 Å². The number of anilines is 4. The van der Waals surface area contributed by atoms with Crippen molar-refractivity contribution in [1.29, 1.82) is 0 Å². The fraction of sp³-hybridized carbons (Fsp3) is 0.238. The number of hydrogen-bond donors (Lipinski definition) is 2. The van der Waals surface area contributed by atoms with Crippen LogP contribution in [-0.2, 0) is 16.4 Å². The van der Waals surface area contributed by atoms with Crippen LogP contribution in [0.5, 0.6) is 5.75 Å². The predicted molar refractivity (Wildman–Crippen MR) is 117 cm³/mol. The monoisotopic (exact) mass is 425 g/mol. The van der Waals surface area contributed by atoms with E-state index in [0.29, 0.717) is 23.9 Å². The molecule has 0 aliphatic carbocycles. The highest BCUT2D eigenvalue weighted by atomic mass is 32.2. The molecule has 2 heterocycles. The van der Waals surface area contributed by atoms with Gasteiger partial charge in [-0.1, -0.05) is 0 Å². The van der Waals surface area contributed by atoms with Gasteiger partial charge in [0.15, 0.2) is 0 Å². The number of aryl methyl sites for hydroxylation is 1. The van der Waals surface area contributed by atoms with Gasteiger partial charge < -0.3 is 15.0 Å². The molecule has 0 fully saturated rings. The molecule has 9 heteroatoms. The first-order valence-electron chi connectivity index (χ1n) is 9.49. The summed E-state index contributed by atoms with van der Waals surface area (Å²) in [4.78, 5) is 10.9. The van der Waals surface area contributed by atoms with Crippen LogP contribution in [-0.4, -0.2) is 39.1 Å². The number of nitrogens with one attached hydrogen (secondary N) is 2. The number of rotatable bonds is 6. The second-order valence-electron chi connectivity index (χ2n) is 7.23. The van der Waals surface area contributed by atoms with E-state index in [9.17, 15) is 8.42 Å². The molecular weight excluding hydrogens is 402 g/mol. The number of fused-ring (bicyclic) bond motifs is 1. The van der Waals surface area contributed by atoms with Gasteiger partial charge in [0.2, 0.25) is 0 Å². The van der Waals surface area contributed by atoms with Gasteiger partial charge in [-0.05, 0) is 55.0 Å². The van der Waals surface area contributed by atoms with Crippen molar-refractivity contribution in [2.75, 3.05) is 35.6 Å². The zero-order valence-corrected chi connectivity index (χ0v) is 17.8. The van der Waals surface area contributed by atoms with Gasteiger partial charge in [-0.15, -0.1) is 0 Å². The van der Waals surface area contributed by atoms with Crippen LogP contribution in [0.3, 0.4) is 0 Å². The van der Waals surface area contributed by atoms with Crippen LogP contribution in [0.25, 0.3) is 0 Å². The lowest BCUT2D eigenvalue weighted by Crippen LogP contribution is -2.13. The molecule has 0 bridgehead atoms. The van der Waals surface area contributed by atoms with E-state index in [1.165, 1.54) is 0 Å². The van der Waals surface area contributed by atoms with E-state index in [-0.39, 0.29) is 4.90 Å². The molecular formula is C21H23N5O3S. The van der Waals surface area contributed by atoms with E-state index < -0.39 is 10.0 Å². The second-order valence-corrected chi connectivity index (χ2v) is 8.91. The number of aromatic nitrogens is 2. The first kappa shape index (κ1) is 20.0. The van der Waals surface area contributed by atoms with Gasteiger partial charge in [-0.2, -0.15) is 0 Å². The van der Waals surface area contributed by atoms with Crippen molar-refractivity contribution in [2.45, 2.75) is 18.2 Å². The molecule has 0 saturated carbocycles. The maximum absolute atomic E-state index is 12.7. The maximum atomic E-state index is 12.7. The van der Waals surface area contributed by atoms with Crippen LogP contribution in [0.2, 0.25) is 0 Å². The third kappa shape index (κ3) is 4.30. The van der Waals surface area contributed by atoms with Crippen molar-refractivity contribution in [3.05, 3.63) is 59.9 Å². The molecule has 0 atom stereocenters. The van der Waals surface area contributed by atoms with Crippen LogP contribution in [0.1, 0.15) is 11.4 Å². The van der Waals surface area contributed by atoms with Gasteiger partial charge >= 0.3 is 0 Å². The number of sulfonamides is 1. The molecule has 4 rings (SSSR count). The van der Waals surface area contributed by atoms with Gasteiger partial charge in [-0.25, -0.2) is 18.4 Å². The Hall–Kier alpha value is -3.33. The van der Waals surface area contributed by atoms with E-state index in [1.807, 2.05) is 32.0 Å². The van der Waals surface area contributed by atoms with E-state index in [2.05, 4.69) is 20.0 Å². The average molecular weight is 426 g/mol. The van der Waals surface area contributed by atoms with E-state index in [4.69, 9.17) is 4.74 Å². The van der Waals surface area contributed by atoms with Gasteiger partial charge in [0.05, 0.1) is 11.5 Å². The van der Waals surface area contributed by atoms with Gasteiger partial charge in [0.25, 0.3) is 10.0 Å². The van der Waals surface area contributed by atoms with Crippen molar-refractivity contribution in [3.63, 3.8) is 0 Å². The molecule has 2 N–H and O–H groups in total. The van der Waals surface area contributed by atoms with Gasteiger partial charge in [0.1, 0.15) is 23.2 Å². The van der Waals surface area contributed by atoms with E-state index in [1.54, 1.807) is 42.5 Å². The van der Waals surface area contributed by atoms with E-state index in [0.717, 1.165) is 29.2 Å². The minimum absolute atomic E-state index is 0.224. The third-order valence-electron chi connectivity index (χ3n) is 4.66. The summed E-state index contributed by atoms with van der Waals surface area (Å²) >= 11 is 0. The van der Waals surface area contributed by atoms with Crippen LogP contribution in [0, 0.1) is 6.92 Å². The molecule has 0 saturated heterocycles. The average Bonchev–Trinajstić information content (AvgIpc) is 3.17. The Morgan fingerprint density at radius 3 is 2.47 bits per heavy atom. The minimum atomic E-state index is -3.68. The number of nitrogens with zero attached hydrogens (tertiary/aromatic N) is 3. The first-order chi connectivity index (χ1) is 14.3. The topological polar surface area (TPSA) is 96.5 Å². The highest BCUT2D eigenvalue weighted by Gasteiger charge is 2.19. The normalized spacial score (nSPS) is 12.8. The lowest BCUT2D eigenvalue weighted by atomic mass is 10.2. The molecule has 8 nitrogen and oxygen atoms in total. The lowest BCUT2D eigenvalue weighted by molar-refractivity contribution is 0.356. The predicted octanol–water partition coefficient (Wildman–Crippen LogP) is 3.33.